The lowest BCUT2D eigenvalue weighted by molar-refractivity contribution is -0.128. The van der Waals surface area contributed by atoms with Crippen LogP contribution in [0.2, 0.25) is 0 Å². The van der Waals surface area contributed by atoms with Gasteiger partial charge >= 0.3 is 0 Å². The Hall–Kier alpha value is -4.18. The fourth-order valence-electron chi connectivity index (χ4n) is 4.64. The van der Waals surface area contributed by atoms with Gasteiger partial charge in [0.15, 0.2) is 5.69 Å². The molecule has 0 aliphatic carbocycles. The number of carbonyl (C=O) groups excluding carboxylic acids is 3. The summed E-state index contributed by atoms with van der Waals surface area (Å²) < 4.78 is 6.66. The molecule has 2 aliphatic rings. The molecule has 1 aromatic heterocycles. The third-order valence-corrected chi connectivity index (χ3v) is 6.45. The topological polar surface area (TPSA) is 131 Å². The van der Waals surface area contributed by atoms with E-state index in [2.05, 4.69) is 5.10 Å². The van der Waals surface area contributed by atoms with E-state index in [9.17, 15) is 19.5 Å². The van der Waals surface area contributed by atoms with Gasteiger partial charge in [-0.15, -0.1) is 0 Å². The Morgan fingerprint density at radius 1 is 1.00 bits per heavy atom. The quantitative estimate of drug-likeness (QED) is 0.577. The summed E-state index contributed by atoms with van der Waals surface area (Å²) in [5, 5.41) is 14.3. The van der Waals surface area contributed by atoms with Crippen molar-refractivity contribution in [2.45, 2.75) is 25.4 Å². The highest BCUT2D eigenvalue weighted by atomic mass is 16.5. The van der Waals surface area contributed by atoms with Crippen LogP contribution >= 0.6 is 0 Å². The van der Waals surface area contributed by atoms with E-state index in [0.29, 0.717) is 54.3 Å². The summed E-state index contributed by atoms with van der Waals surface area (Å²) in [6, 6.07) is 14.1. The summed E-state index contributed by atoms with van der Waals surface area (Å²) in [6.07, 6.45) is 0.615. The van der Waals surface area contributed by atoms with Gasteiger partial charge in [-0.2, -0.15) is 5.10 Å². The molecule has 0 saturated carbocycles. The first-order chi connectivity index (χ1) is 16.9. The van der Waals surface area contributed by atoms with E-state index in [-0.39, 0.29) is 23.2 Å². The van der Waals surface area contributed by atoms with Gasteiger partial charge in [0, 0.05) is 30.0 Å². The first kappa shape index (κ1) is 22.6. The molecule has 1 atom stereocenters. The minimum absolute atomic E-state index is 0.0846. The smallest absolute Gasteiger partial charge is 0.277 e. The van der Waals surface area contributed by atoms with Crippen LogP contribution in [0.25, 0.3) is 5.69 Å². The number of hydrogen-bond acceptors (Lipinski definition) is 6. The summed E-state index contributed by atoms with van der Waals surface area (Å²) in [4.78, 5) is 41.2. The van der Waals surface area contributed by atoms with Gasteiger partial charge < -0.3 is 25.4 Å². The van der Waals surface area contributed by atoms with Crippen LogP contribution in [0.3, 0.4) is 0 Å². The zero-order valence-corrected chi connectivity index (χ0v) is 19.2. The third kappa shape index (κ3) is 3.91. The highest BCUT2D eigenvalue weighted by Crippen LogP contribution is 2.31. The molecule has 1 fully saturated rings. The second kappa shape index (κ2) is 8.88. The molecule has 3 aromatic rings. The van der Waals surface area contributed by atoms with Crippen molar-refractivity contribution in [3.63, 3.8) is 0 Å². The molecule has 10 nitrogen and oxygen atoms in total. The number of primary amides is 1. The Morgan fingerprint density at radius 3 is 2.26 bits per heavy atom. The normalized spacial score (nSPS) is 17.9. The van der Waals surface area contributed by atoms with Gasteiger partial charge in [-0.1, -0.05) is 0 Å². The molecule has 5 rings (SSSR count). The zero-order chi connectivity index (χ0) is 24.7. The molecule has 0 bridgehead atoms. The summed E-state index contributed by atoms with van der Waals surface area (Å²) in [6.45, 7) is 0.888. The van der Waals surface area contributed by atoms with Crippen molar-refractivity contribution >= 4 is 29.1 Å². The highest BCUT2D eigenvalue weighted by molar-refractivity contribution is 6.09. The second-order valence-electron chi connectivity index (χ2n) is 8.52. The molecular formula is C25H25N5O5. The molecule has 3 N–H and O–H groups in total. The van der Waals surface area contributed by atoms with Crippen LogP contribution in [0.5, 0.6) is 5.75 Å². The Labute approximate surface area is 201 Å². The van der Waals surface area contributed by atoms with Crippen molar-refractivity contribution < 1.29 is 24.2 Å². The fourth-order valence-corrected chi connectivity index (χ4v) is 4.64. The predicted octanol–water partition coefficient (Wildman–Crippen LogP) is 1.67. The molecule has 2 aliphatic heterocycles. The lowest BCUT2D eigenvalue weighted by Gasteiger charge is -2.31. The number of methoxy groups -OCH3 is 1. The molecule has 2 aromatic carbocycles. The maximum absolute atomic E-state index is 13.6. The maximum Gasteiger partial charge on any atom is 0.277 e. The van der Waals surface area contributed by atoms with Gasteiger partial charge in [-0.25, -0.2) is 4.68 Å². The van der Waals surface area contributed by atoms with Crippen molar-refractivity contribution in [1.82, 2.24) is 9.78 Å². The van der Waals surface area contributed by atoms with Gasteiger partial charge in [0.1, 0.15) is 17.5 Å². The number of nitrogens with two attached hydrogens (primary N) is 1. The van der Waals surface area contributed by atoms with E-state index in [0.717, 1.165) is 6.42 Å². The van der Waals surface area contributed by atoms with Gasteiger partial charge in [-0.05, 0) is 67.8 Å². The number of anilines is 2. The number of ether oxygens (including phenoxy) is 1. The standard InChI is InChI=1S/C25H25N5O5/c1-35-18-10-8-17(9-11-18)30-22-19(21(27-30)23(26)32)12-14-29(25(22)34)16-6-4-15(5-7-16)28-13-2-3-20(31)24(28)33/h4-11,20,31H,2-3,12-14H2,1H3,(H2,26,32). The van der Waals surface area contributed by atoms with Crippen LogP contribution in [-0.4, -0.2) is 58.9 Å². The third-order valence-electron chi connectivity index (χ3n) is 6.45. The number of amides is 3. The van der Waals surface area contributed by atoms with E-state index in [1.54, 1.807) is 65.4 Å². The molecule has 1 unspecified atom stereocenters. The maximum atomic E-state index is 13.6. The van der Waals surface area contributed by atoms with Crippen LogP contribution in [0.15, 0.2) is 48.5 Å². The van der Waals surface area contributed by atoms with Gasteiger partial charge in [0.2, 0.25) is 0 Å². The molecule has 35 heavy (non-hydrogen) atoms. The molecule has 0 radical (unpaired) electrons. The second-order valence-corrected chi connectivity index (χ2v) is 8.52. The van der Waals surface area contributed by atoms with E-state index in [4.69, 9.17) is 10.5 Å². The zero-order valence-electron chi connectivity index (χ0n) is 19.2. The van der Waals surface area contributed by atoms with Crippen molar-refractivity contribution in [3.05, 3.63) is 65.5 Å². The van der Waals surface area contributed by atoms with Crippen molar-refractivity contribution in [2.24, 2.45) is 5.73 Å². The fraction of sp³-hybridized carbons (Fsp3) is 0.280. The van der Waals surface area contributed by atoms with Crippen LogP contribution < -0.4 is 20.3 Å². The lowest BCUT2D eigenvalue weighted by atomic mass is 10.0. The Morgan fingerprint density at radius 2 is 1.63 bits per heavy atom. The minimum atomic E-state index is -0.983. The van der Waals surface area contributed by atoms with E-state index in [1.165, 1.54) is 4.68 Å². The Kier molecular flexibility index (Phi) is 5.73. The minimum Gasteiger partial charge on any atom is -0.497 e. The van der Waals surface area contributed by atoms with Crippen molar-refractivity contribution in [1.29, 1.82) is 0 Å². The lowest BCUT2D eigenvalue weighted by Crippen LogP contribution is -2.44. The SMILES string of the molecule is COc1ccc(-n2nc(C(N)=O)c3c2C(=O)N(c2ccc(N4CCCC(O)C4=O)cc2)CC3)cc1. The Balaban J connectivity index is 1.48. The van der Waals surface area contributed by atoms with Gasteiger partial charge in [0.25, 0.3) is 17.7 Å². The molecule has 3 heterocycles. The molecular weight excluding hydrogens is 450 g/mol. The predicted molar refractivity (Wildman–Crippen MR) is 128 cm³/mol. The summed E-state index contributed by atoms with van der Waals surface area (Å²) in [5.41, 5.74) is 8.38. The largest absolute Gasteiger partial charge is 0.497 e. The van der Waals surface area contributed by atoms with Crippen molar-refractivity contribution in [3.8, 4) is 11.4 Å². The first-order valence-corrected chi connectivity index (χ1v) is 11.4. The molecule has 180 valence electrons. The van der Waals surface area contributed by atoms with Crippen LogP contribution in [0.4, 0.5) is 11.4 Å². The van der Waals surface area contributed by atoms with E-state index >= 15 is 0 Å². The number of fused-ring (bicyclic) bond motifs is 1. The van der Waals surface area contributed by atoms with Crippen molar-refractivity contribution in [2.75, 3.05) is 30.0 Å². The van der Waals surface area contributed by atoms with E-state index in [1.807, 2.05) is 0 Å². The average Bonchev–Trinajstić information content (AvgIpc) is 3.27. The molecule has 10 heteroatoms. The number of carbonyl (C=O) groups is 3. The first-order valence-electron chi connectivity index (χ1n) is 11.4. The van der Waals surface area contributed by atoms with Gasteiger partial charge in [-0.3, -0.25) is 14.4 Å². The Bertz CT molecular complexity index is 1300. The number of aromatic nitrogens is 2. The van der Waals surface area contributed by atoms with Crippen LogP contribution in [-0.2, 0) is 11.2 Å². The van der Waals surface area contributed by atoms with Crippen LogP contribution in [0, 0.1) is 0 Å². The monoisotopic (exact) mass is 475 g/mol. The number of aliphatic hydroxyl groups is 1. The number of hydrogen-bond donors (Lipinski definition) is 2. The average molecular weight is 476 g/mol. The summed E-state index contributed by atoms with van der Waals surface area (Å²) >= 11 is 0. The summed E-state index contributed by atoms with van der Waals surface area (Å²) in [5.74, 6) is -0.658. The number of benzene rings is 2. The number of rotatable bonds is 5. The summed E-state index contributed by atoms with van der Waals surface area (Å²) in [7, 11) is 1.56. The number of piperidine rings is 1. The number of aliphatic hydroxyl groups excluding tert-OH is 1. The number of nitrogens with zero attached hydrogens (tertiary/aromatic N) is 4. The molecule has 3 amide bonds. The van der Waals surface area contributed by atoms with Crippen LogP contribution in [0.1, 0.15) is 39.4 Å². The van der Waals surface area contributed by atoms with E-state index < -0.39 is 12.0 Å². The van der Waals surface area contributed by atoms with Gasteiger partial charge in [0.05, 0.1) is 12.8 Å². The highest BCUT2D eigenvalue weighted by Gasteiger charge is 2.35. The molecule has 1 saturated heterocycles. The molecule has 0 spiro atoms.